The van der Waals surface area contributed by atoms with E-state index in [0.717, 1.165) is 36.5 Å². The van der Waals surface area contributed by atoms with Gasteiger partial charge in [-0.25, -0.2) is 0 Å². The standard InChI is InChI=1S/C18H25NO/c1-19-18(16-10-12-4-5-13(16)9-12)15-6-7-17-14(11-15)3-2-8-20-17/h6-7,11-13,16,18-19H,2-5,8-10H2,1H3. The summed E-state index contributed by atoms with van der Waals surface area (Å²) < 4.78 is 5.75. The molecule has 4 rings (SSSR count). The van der Waals surface area contributed by atoms with Crippen LogP contribution in [0.2, 0.25) is 0 Å². The molecule has 0 spiro atoms. The highest BCUT2D eigenvalue weighted by molar-refractivity contribution is 5.40. The van der Waals surface area contributed by atoms with E-state index in [1.807, 2.05) is 0 Å². The quantitative estimate of drug-likeness (QED) is 0.905. The van der Waals surface area contributed by atoms with Crippen LogP contribution in [-0.2, 0) is 6.42 Å². The summed E-state index contributed by atoms with van der Waals surface area (Å²) >= 11 is 0. The molecule has 1 aromatic carbocycles. The Kier molecular flexibility index (Phi) is 3.22. The SMILES string of the molecule is CNC(c1ccc2c(c1)CCCO2)C1CC2CCC1C2. The topological polar surface area (TPSA) is 21.3 Å². The summed E-state index contributed by atoms with van der Waals surface area (Å²) in [5, 5.41) is 3.61. The Hall–Kier alpha value is -1.02. The van der Waals surface area contributed by atoms with Crippen molar-refractivity contribution in [1.29, 1.82) is 0 Å². The van der Waals surface area contributed by atoms with Crippen LogP contribution in [-0.4, -0.2) is 13.7 Å². The molecule has 2 saturated carbocycles. The maximum atomic E-state index is 5.75. The van der Waals surface area contributed by atoms with Gasteiger partial charge in [-0.1, -0.05) is 18.6 Å². The predicted molar refractivity (Wildman–Crippen MR) is 81.0 cm³/mol. The lowest BCUT2D eigenvalue weighted by Crippen LogP contribution is -2.29. The maximum Gasteiger partial charge on any atom is 0.122 e. The summed E-state index contributed by atoms with van der Waals surface area (Å²) in [6.45, 7) is 0.883. The highest BCUT2D eigenvalue weighted by atomic mass is 16.5. The van der Waals surface area contributed by atoms with Crippen molar-refractivity contribution in [2.45, 2.75) is 44.6 Å². The van der Waals surface area contributed by atoms with E-state index < -0.39 is 0 Å². The van der Waals surface area contributed by atoms with E-state index in [1.54, 1.807) is 0 Å². The molecule has 2 heteroatoms. The number of fused-ring (bicyclic) bond motifs is 3. The first kappa shape index (κ1) is 12.7. The van der Waals surface area contributed by atoms with E-state index in [4.69, 9.17) is 4.74 Å². The Balaban J connectivity index is 1.61. The molecular weight excluding hydrogens is 246 g/mol. The Morgan fingerprint density at radius 2 is 2.20 bits per heavy atom. The minimum absolute atomic E-state index is 0.539. The van der Waals surface area contributed by atoms with Crippen LogP contribution >= 0.6 is 0 Å². The third-order valence-corrected chi connectivity index (χ3v) is 5.82. The zero-order chi connectivity index (χ0) is 13.5. The van der Waals surface area contributed by atoms with E-state index >= 15 is 0 Å². The minimum Gasteiger partial charge on any atom is -0.493 e. The normalized spacial score (nSPS) is 32.8. The summed E-state index contributed by atoms with van der Waals surface area (Å²) in [5.74, 6) is 3.94. The molecule has 0 radical (unpaired) electrons. The van der Waals surface area contributed by atoms with Gasteiger partial charge in [0.1, 0.15) is 5.75 Å². The van der Waals surface area contributed by atoms with Crippen molar-refractivity contribution >= 4 is 0 Å². The van der Waals surface area contributed by atoms with E-state index in [2.05, 4.69) is 30.6 Å². The molecule has 2 nitrogen and oxygen atoms in total. The zero-order valence-electron chi connectivity index (χ0n) is 12.4. The van der Waals surface area contributed by atoms with Gasteiger partial charge in [0.2, 0.25) is 0 Å². The lowest BCUT2D eigenvalue weighted by Gasteiger charge is -2.31. The van der Waals surface area contributed by atoms with Gasteiger partial charge < -0.3 is 10.1 Å². The molecule has 1 aliphatic heterocycles. The third kappa shape index (κ3) is 2.05. The van der Waals surface area contributed by atoms with Gasteiger partial charge in [-0.05, 0) is 74.1 Å². The lowest BCUT2D eigenvalue weighted by molar-refractivity contribution is 0.258. The zero-order valence-corrected chi connectivity index (χ0v) is 12.4. The largest absolute Gasteiger partial charge is 0.493 e. The predicted octanol–water partition coefficient (Wildman–Crippen LogP) is 3.71. The summed E-state index contributed by atoms with van der Waals surface area (Å²) in [6.07, 6.45) is 8.20. The van der Waals surface area contributed by atoms with E-state index in [-0.39, 0.29) is 0 Å². The summed E-state index contributed by atoms with van der Waals surface area (Å²) in [5.41, 5.74) is 2.89. The number of nitrogens with one attached hydrogen (secondary N) is 1. The molecular formula is C18H25NO. The van der Waals surface area contributed by atoms with Gasteiger partial charge in [0, 0.05) is 6.04 Å². The van der Waals surface area contributed by atoms with Crippen LogP contribution in [0.5, 0.6) is 5.75 Å². The number of rotatable bonds is 3. The van der Waals surface area contributed by atoms with Gasteiger partial charge in [0.25, 0.3) is 0 Å². The second-order valence-electron chi connectivity index (χ2n) is 6.92. The van der Waals surface area contributed by atoms with Crippen LogP contribution < -0.4 is 10.1 Å². The highest BCUT2D eigenvalue weighted by Gasteiger charge is 2.43. The Morgan fingerprint density at radius 1 is 1.25 bits per heavy atom. The smallest absolute Gasteiger partial charge is 0.122 e. The van der Waals surface area contributed by atoms with Crippen molar-refractivity contribution in [3.05, 3.63) is 29.3 Å². The number of hydrogen-bond donors (Lipinski definition) is 1. The van der Waals surface area contributed by atoms with E-state index in [1.165, 1.54) is 43.2 Å². The van der Waals surface area contributed by atoms with E-state index in [0.29, 0.717) is 6.04 Å². The van der Waals surface area contributed by atoms with Gasteiger partial charge >= 0.3 is 0 Å². The molecule has 3 aliphatic rings. The molecule has 0 amide bonds. The van der Waals surface area contributed by atoms with Crippen molar-refractivity contribution in [2.75, 3.05) is 13.7 Å². The first-order chi connectivity index (χ1) is 9.85. The summed E-state index contributed by atoms with van der Waals surface area (Å²) in [4.78, 5) is 0. The first-order valence-corrected chi connectivity index (χ1v) is 8.28. The van der Waals surface area contributed by atoms with Crippen LogP contribution in [0.25, 0.3) is 0 Å². The van der Waals surface area contributed by atoms with Crippen LogP contribution in [0.1, 0.15) is 49.3 Å². The van der Waals surface area contributed by atoms with Crippen LogP contribution in [0, 0.1) is 17.8 Å². The molecule has 2 bridgehead atoms. The molecule has 2 aliphatic carbocycles. The Bertz CT molecular complexity index is 498. The molecule has 1 aromatic rings. The van der Waals surface area contributed by atoms with Crippen LogP contribution in [0.4, 0.5) is 0 Å². The van der Waals surface area contributed by atoms with Gasteiger partial charge in [-0.15, -0.1) is 0 Å². The molecule has 2 fully saturated rings. The monoisotopic (exact) mass is 271 g/mol. The highest BCUT2D eigenvalue weighted by Crippen LogP contribution is 2.52. The molecule has 4 atom stereocenters. The van der Waals surface area contributed by atoms with Crippen LogP contribution in [0.15, 0.2) is 18.2 Å². The number of aryl methyl sites for hydroxylation is 1. The molecule has 0 aromatic heterocycles. The average molecular weight is 271 g/mol. The number of benzene rings is 1. The van der Waals surface area contributed by atoms with Crippen molar-refractivity contribution in [2.24, 2.45) is 17.8 Å². The third-order valence-electron chi connectivity index (χ3n) is 5.82. The fraction of sp³-hybridized carbons (Fsp3) is 0.667. The minimum atomic E-state index is 0.539. The molecule has 4 unspecified atom stereocenters. The van der Waals surface area contributed by atoms with Gasteiger partial charge in [-0.2, -0.15) is 0 Å². The molecule has 0 saturated heterocycles. The van der Waals surface area contributed by atoms with Gasteiger partial charge in [0.15, 0.2) is 0 Å². The number of hydrogen-bond acceptors (Lipinski definition) is 2. The van der Waals surface area contributed by atoms with Gasteiger partial charge in [-0.3, -0.25) is 0 Å². The molecule has 20 heavy (non-hydrogen) atoms. The van der Waals surface area contributed by atoms with Crippen molar-refractivity contribution in [3.63, 3.8) is 0 Å². The van der Waals surface area contributed by atoms with Crippen molar-refractivity contribution in [1.82, 2.24) is 5.32 Å². The maximum absolute atomic E-state index is 5.75. The van der Waals surface area contributed by atoms with Gasteiger partial charge in [0.05, 0.1) is 6.61 Å². The molecule has 1 N–H and O–H groups in total. The Morgan fingerprint density at radius 3 is 2.95 bits per heavy atom. The fourth-order valence-electron chi connectivity index (χ4n) is 4.90. The van der Waals surface area contributed by atoms with Crippen molar-refractivity contribution < 1.29 is 4.74 Å². The summed E-state index contributed by atoms with van der Waals surface area (Å²) in [6, 6.07) is 7.43. The molecule has 108 valence electrons. The van der Waals surface area contributed by atoms with E-state index in [9.17, 15) is 0 Å². The Labute approximate surface area is 121 Å². The fourth-order valence-corrected chi connectivity index (χ4v) is 4.90. The number of ether oxygens (including phenoxy) is 1. The lowest BCUT2D eigenvalue weighted by atomic mass is 9.80. The second kappa shape index (κ2) is 5.07. The summed E-state index contributed by atoms with van der Waals surface area (Å²) in [7, 11) is 2.13. The van der Waals surface area contributed by atoms with Crippen LogP contribution in [0.3, 0.4) is 0 Å². The molecule has 1 heterocycles. The average Bonchev–Trinajstić information content (AvgIpc) is 3.11. The first-order valence-electron chi connectivity index (χ1n) is 8.28. The second-order valence-corrected chi connectivity index (χ2v) is 6.92. The van der Waals surface area contributed by atoms with Crippen molar-refractivity contribution in [3.8, 4) is 5.75 Å².